The molecule has 0 fully saturated rings. The lowest BCUT2D eigenvalue weighted by molar-refractivity contribution is -0.139. The number of amides is 3. The predicted molar refractivity (Wildman–Crippen MR) is 97.3 cm³/mol. The Kier molecular flexibility index (Phi) is 9.25. The number of imidazole rings is 1. The van der Waals surface area contributed by atoms with Crippen molar-refractivity contribution in [1.29, 1.82) is 0 Å². The quantitative estimate of drug-likeness (QED) is 0.190. The maximum atomic E-state index is 12.6. The molecule has 1 rings (SSSR count). The topological polar surface area (TPSA) is 217 Å². The zero-order valence-electron chi connectivity index (χ0n) is 15.7. The number of H-pyrrole nitrogens is 1. The predicted octanol–water partition coefficient (Wildman–Crippen LogP) is -2.67. The minimum absolute atomic E-state index is 0.00664. The Morgan fingerprint density at radius 3 is 2.34 bits per heavy atom. The molecule has 3 unspecified atom stereocenters. The first kappa shape index (κ1) is 23.6. The van der Waals surface area contributed by atoms with Crippen LogP contribution >= 0.6 is 0 Å². The highest BCUT2D eigenvalue weighted by atomic mass is 16.4. The van der Waals surface area contributed by atoms with E-state index in [1.807, 2.05) is 0 Å². The third-order valence-electron chi connectivity index (χ3n) is 3.78. The third-order valence-corrected chi connectivity index (χ3v) is 3.78. The van der Waals surface area contributed by atoms with Gasteiger partial charge in [-0.15, -0.1) is 0 Å². The maximum Gasteiger partial charge on any atom is 0.322 e. The van der Waals surface area contributed by atoms with E-state index in [1.54, 1.807) is 0 Å². The van der Waals surface area contributed by atoms with Crippen LogP contribution in [0.4, 0.5) is 0 Å². The molecule has 1 aromatic rings. The Morgan fingerprint density at radius 2 is 1.79 bits per heavy atom. The van der Waals surface area contributed by atoms with Crippen LogP contribution in [-0.4, -0.2) is 74.5 Å². The SMILES string of the molecule is CC(NC(=O)C(Cc1cnc[nH]1)NC(=O)C(N)CCC(=O)O)C(=O)NCC(=O)O. The highest BCUT2D eigenvalue weighted by Crippen LogP contribution is 2.02. The van der Waals surface area contributed by atoms with Gasteiger partial charge in [-0.1, -0.05) is 0 Å². The molecule has 3 amide bonds. The van der Waals surface area contributed by atoms with Gasteiger partial charge in [-0.05, 0) is 13.3 Å². The Hall–Kier alpha value is -3.48. The van der Waals surface area contributed by atoms with Crippen LogP contribution in [0.15, 0.2) is 12.5 Å². The van der Waals surface area contributed by atoms with Crippen molar-refractivity contribution in [3.63, 3.8) is 0 Å². The number of nitrogens with zero attached hydrogens (tertiary/aromatic N) is 1. The summed E-state index contributed by atoms with van der Waals surface area (Å²) in [4.78, 5) is 64.3. The summed E-state index contributed by atoms with van der Waals surface area (Å²) in [5.41, 5.74) is 6.18. The molecular weight excluding hydrogens is 388 g/mol. The van der Waals surface area contributed by atoms with Crippen LogP contribution < -0.4 is 21.7 Å². The van der Waals surface area contributed by atoms with Crippen molar-refractivity contribution in [3.05, 3.63) is 18.2 Å². The number of nitrogens with two attached hydrogens (primary N) is 1. The van der Waals surface area contributed by atoms with Crippen molar-refractivity contribution in [1.82, 2.24) is 25.9 Å². The van der Waals surface area contributed by atoms with Crippen LogP contribution in [0.3, 0.4) is 0 Å². The molecule has 13 heteroatoms. The zero-order chi connectivity index (χ0) is 22.0. The fourth-order valence-electron chi connectivity index (χ4n) is 2.21. The summed E-state index contributed by atoms with van der Waals surface area (Å²) in [6.45, 7) is 0.745. The molecule has 0 aliphatic heterocycles. The van der Waals surface area contributed by atoms with Gasteiger partial charge in [0.2, 0.25) is 17.7 Å². The third kappa shape index (κ3) is 8.83. The maximum absolute atomic E-state index is 12.6. The summed E-state index contributed by atoms with van der Waals surface area (Å²) < 4.78 is 0. The lowest BCUT2D eigenvalue weighted by Gasteiger charge is -2.22. The van der Waals surface area contributed by atoms with Gasteiger partial charge < -0.3 is 36.9 Å². The molecule has 1 aromatic heterocycles. The summed E-state index contributed by atoms with van der Waals surface area (Å²) in [5, 5.41) is 24.2. The van der Waals surface area contributed by atoms with Gasteiger partial charge in [-0.3, -0.25) is 24.0 Å². The Labute approximate surface area is 165 Å². The van der Waals surface area contributed by atoms with E-state index < -0.39 is 54.3 Å². The van der Waals surface area contributed by atoms with Crippen LogP contribution in [0.2, 0.25) is 0 Å². The highest BCUT2D eigenvalue weighted by Gasteiger charge is 2.27. The van der Waals surface area contributed by atoms with E-state index in [2.05, 4.69) is 25.9 Å². The van der Waals surface area contributed by atoms with Crippen molar-refractivity contribution in [2.45, 2.75) is 44.3 Å². The van der Waals surface area contributed by atoms with Gasteiger partial charge in [0.15, 0.2) is 0 Å². The van der Waals surface area contributed by atoms with E-state index in [9.17, 15) is 24.0 Å². The fourth-order valence-corrected chi connectivity index (χ4v) is 2.21. The number of aliphatic carboxylic acids is 2. The smallest absolute Gasteiger partial charge is 0.322 e. The molecule has 0 saturated heterocycles. The summed E-state index contributed by atoms with van der Waals surface area (Å²) in [5.74, 6) is -4.51. The molecule has 0 aromatic carbocycles. The molecule has 3 atom stereocenters. The van der Waals surface area contributed by atoms with Crippen LogP contribution in [0.5, 0.6) is 0 Å². The first-order valence-electron chi connectivity index (χ1n) is 8.65. The van der Waals surface area contributed by atoms with Crippen molar-refractivity contribution in [2.24, 2.45) is 5.73 Å². The summed E-state index contributed by atoms with van der Waals surface area (Å²) in [7, 11) is 0. The lowest BCUT2D eigenvalue weighted by Crippen LogP contribution is -2.56. The Morgan fingerprint density at radius 1 is 1.10 bits per heavy atom. The van der Waals surface area contributed by atoms with Gasteiger partial charge in [-0.2, -0.15) is 0 Å². The number of carbonyl (C=O) groups is 5. The number of rotatable bonds is 12. The minimum atomic E-state index is -1.24. The monoisotopic (exact) mass is 412 g/mol. The molecule has 0 saturated carbocycles. The van der Waals surface area contributed by atoms with Gasteiger partial charge in [0.05, 0.1) is 12.4 Å². The number of hydrogen-bond acceptors (Lipinski definition) is 7. The minimum Gasteiger partial charge on any atom is -0.481 e. The average molecular weight is 412 g/mol. The fraction of sp³-hybridized carbons (Fsp3) is 0.500. The molecule has 1 heterocycles. The largest absolute Gasteiger partial charge is 0.481 e. The van der Waals surface area contributed by atoms with Gasteiger partial charge >= 0.3 is 11.9 Å². The second-order valence-corrected chi connectivity index (χ2v) is 6.22. The number of aromatic amines is 1. The summed E-state index contributed by atoms with van der Waals surface area (Å²) >= 11 is 0. The number of hydrogen-bond donors (Lipinski definition) is 7. The van der Waals surface area contributed by atoms with E-state index in [4.69, 9.17) is 15.9 Å². The molecule has 0 spiro atoms. The van der Waals surface area contributed by atoms with Crippen molar-refractivity contribution >= 4 is 29.7 Å². The molecule has 160 valence electrons. The van der Waals surface area contributed by atoms with E-state index in [1.165, 1.54) is 19.4 Å². The van der Waals surface area contributed by atoms with Gasteiger partial charge in [0, 0.05) is 24.7 Å². The zero-order valence-corrected chi connectivity index (χ0v) is 15.7. The molecule has 0 aliphatic carbocycles. The number of aromatic nitrogens is 2. The summed E-state index contributed by atoms with van der Waals surface area (Å²) in [6.07, 6.45) is 2.40. The van der Waals surface area contributed by atoms with Crippen LogP contribution in [-0.2, 0) is 30.4 Å². The Bertz CT molecular complexity index is 736. The number of carboxylic acids is 2. The molecule has 0 bridgehead atoms. The molecular formula is C16H24N6O7. The second kappa shape index (κ2) is 11.4. The Balaban J connectivity index is 2.76. The van der Waals surface area contributed by atoms with Gasteiger partial charge in [0.25, 0.3) is 0 Å². The second-order valence-electron chi connectivity index (χ2n) is 6.22. The molecule has 29 heavy (non-hydrogen) atoms. The van der Waals surface area contributed by atoms with Crippen LogP contribution in [0.25, 0.3) is 0 Å². The first-order chi connectivity index (χ1) is 13.6. The normalized spacial score (nSPS) is 13.6. The highest BCUT2D eigenvalue weighted by molar-refractivity contribution is 5.93. The average Bonchev–Trinajstić information content (AvgIpc) is 3.16. The van der Waals surface area contributed by atoms with E-state index in [-0.39, 0.29) is 19.3 Å². The van der Waals surface area contributed by atoms with E-state index in [0.29, 0.717) is 5.69 Å². The number of nitrogens with one attached hydrogen (secondary N) is 4. The van der Waals surface area contributed by atoms with E-state index >= 15 is 0 Å². The lowest BCUT2D eigenvalue weighted by atomic mass is 10.1. The van der Waals surface area contributed by atoms with Crippen molar-refractivity contribution < 1.29 is 34.2 Å². The standard InChI is InChI=1S/C16H24N6O7/c1-8(14(27)19-6-13(25)26)21-16(29)11(4-9-5-18-7-20-9)22-15(28)10(17)2-3-12(23)24/h5,7-8,10-11H,2-4,6,17H2,1H3,(H,18,20)(H,19,27)(H,21,29)(H,22,28)(H,23,24)(H,25,26). The van der Waals surface area contributed by atoms with E-state index in [0.717, 1.165) is 0 Å². The molecule has 8 N–H and O–H groups in total. The van der Waals surface area contributed by atoms with Gasteiger partial charge in [-0.25, -0.2) is 4.98 Å². The van der Waals surface area contributed by atoms with Crippen LogP contribution in [0, 0.1) is 0 Å². The van der Waals surface area contributed by atoms with Crippen molar-refractivity contribution in [2.75, 3.05) is 6.54 Å². The molecule has 13 nitrogen and oxygen atoms in total. The first-order valence-corrected chi connectivity index (χ1v) is 8.65. The van der Waals surface area contributed by atoms with Crippen LogP contribution in [0.1, 0.15) is 25.5 Å². The molecule has 0 aliphatic rings. The number of carbonyl (C=O) groups excluding carboxylic acids is 3. The summed E-state index contributed by atoms with van der Waals surface area (Å²) in [6, 6.07) is -3.34. The number of carboxylic acid groups (broad SMARTS) is 2. The molecule has 0 radical (unpaired) electrons. The van der Waals surface area contributed by atoms with Gasteiger partial charge in [0.1, 0.15) is 18.6 Å². The van der Waals surface area contributed by atoms with Crippen molar-refractivity contribution in [3.8, 4) is 0 Å².